The fourth-order valence-corrected chi connectivity index (χ4v) is 1.92. The van der Waals surface area contributed by atoms with E-state index in [1.807, 2.05) is 18.2 Å². The van der Waals surface area contributed by atoms with Gasteiger partial charge in [0.1, 0.15) is 11.5 Å². The molecule has 1 aromatic rings. The smallest absolute Gasteiger partial charge is 0.262 e. The Kier molecular flexibility index (Phi) is 7.02. The van der Waals surface area contributed by atoms with Gasteiger partial charge in [0, 0.05) is 20.2 Å². The predicted molar refractivity (Wildman–Crippen MR) is 83.8 cm³/mol. The first-order valence-corrected chi connectivity index (χ1v) is 7.33. The van der Waals surface area contributed by atoms with Gasteiger partial charge in [-0.1, -0.05) is 13.0 Å². The normalized spacial score (nSPS) is 11.9. The van der Waals surface area contributed by atoms with Crippen LogP contribution in [0.4, 0.5) is 0 Å². The van der Waals surface area contributed by atoms with Crippen molar-refractivity contribution >= 4 is 5.91 Å². The standard InChI is InChI=1S/C16H26N2O3/c1-5-10-20-14-7-6-13(8-9-17)15(11-14)21-12(2)16(19)18(3)4/h6-7,11-12H,5,8-10,17H2,1-4H3. The van der Waals surface area contributed by atoms with Crippen molar-refractivity contribution in [2.75, 3.05) is 27.2 Å². The summed E-state index contributed by atoms with van der Waals surface area (Å²) in [4.78, 5) is 13.4. The van der Waals surface area contributed by atoms with Gasteiger partial charge in [0.15, 0.2) is 6.10 Å². The van der Waals surface area contributed by atoms with Crippen molar-refractivity contribution in [1.82, 2.24) is 4.90 Å². The van der Waals surface area contributed by atoms with Gasteiger partial charge in [-0.2, -0.15) is 0 Å². The topological polar surface area (TPSA) is 64.8 Å². The highest BCUT2D eigenvalue weighted by Gasteiger charge is 2.18. The monoisotopic (exact) mass is 294 g/mol. The molecule has 0 aliphatic heterocycles. The van der Waals surface area contributed by atoms with Crippen molar-refractivity contribution in [1.29, 1.82) is 0 Å². The summed E-state index contributed by atoms with van der Waals surface area (Å²) < 4.78 is 11.4. The van der Waals surface area contributed by atoms with Gasteiger partial charge in [-0.05, 0) is 37.9 Å². The van der Waals surface area contributed by atoms with E-state index in [9.17, 15) is 4.79 Å². The molecule has 1 unspecified atom stereocenters. The number of hydrogen-bond acceptors (Lipinski definition) is 4. The summed E-state index contributed by atoms with van der Waals surface area (Å²) in [5.41, 5.74) is 6.61. The van der Waals surface area contributed by atoms with E-state index < -0.39 is 6.10 Å². The quantitative estimate of drug-likeness (QED) is 0.794. The van der Waals surface area contributed by atoms with Crippen molar-refractivity contribution in [2.45, 2.75) is 32.8 Å². The number of carbonyl (C=O) groups excluding carboxylic acids is 1. The third-order valence-electron chi connectivity index (χ3n) is 3.02. The molecule has 0 saturated carbocycles. The molecule has 118 valence electrons. The number of ether oxygens (including phenoxy) is 2. The molecular formula is C16H26N2O3. The molecule has 5 heteroatoms. The Labute approximate surface area is 127 Å². The second kappa shape index (κ2) is 8.52. The number of nitrogens with two attached hydrogens (primary N) is 1. The lowest BCUT2D eigenvalue weighted by atomic mass is 10.1. The third-order valence-corrected chi connectivity index (χ3v) is 3.02. The number of rotatable bonds is 8. The third kappa shape index (κ3) is 5.27. The Bertz CT molecular complexity index is 461. The molecule has 1 rings (SSSR count). The Morgan fingerprint density at radius 3 is 2.67 bits per heavy atom. The maximum Gasteiger partial charge on any atom is 0.262 e. The largest absolute Gasteiger partial charge is 0.493 e. The average molecular weight is 294 g/mol. The van der Waals surface area contributed by atoms with Crippen LogP contribution in [-0.2, 0) is 11.2 Å². The van der Waals surface area contributed by atoms with Gasteiger partial charge in [-0.15, -0.1) is 0 Å². The van der Waals surface area contributed by atoms with Gasteiger partial charge in [0.25, 0.3) is 5.91 Å². The summed E-state index contributed by atoms with van der Waals surface area (Å²) in [5, 5.41) is 0. The Morgan fingerprint density at radius 2 is 2.10 bits per heavy atom. The molecule has 0 saturated heterocycles. The first kappa shape index (κ1) is 17.3. The van der Waals surface area contributed by atoms with E-state index in [1.165, 1.54) is 4.90 Å². The number of carbonyl (C=O) groups is 1. The van der Waals surface area contributed by atoms with Crippen LogP contribution in [0.15, 0.2) is 18.2 Å². The highest BCUT2D eigenvalue weighted by molar-refractivity contribution is 5.80. The number of nitrogens with zero attached hydrogens (tertiary/aromatic N) is 1. The van der Waals surface area contributed by atoms with Crippen molar-refractivity contribution in [2.24, 2.45) is 5.73 Å². The number of hydrogen-bond donors (Lipinski definition) is 1. The van der Waals surface area contributed by atoms with Crippen molar-refractivity contribution < 1.29 is 14.3 Å². The molecule has 0 aromatic heterocycles. The molecule has 0 aliphatic rings. The number of benzene rings is 1. The van der Waals surface area contributed by atoms with Crippen LogP contribution in [0.1, 0.15) is 25.8 Å². The summed E-state index contributed by atoms with van der Waals surface area (Å²) in [6.45, 7) is 4.98. The van der Waals surface area contributed by atoms with Crippen LogP contribution in [-0.4, -0.2) is 44.2 Å². The van der Waals surface area contributed by atoms with E-state index in [2.05, 4.69) is 6.92 Å². The highest BCUT2D eigenvalue weighted by Crippen LogP contribution is 2.26. The van der Waals surface area contributed by atoms with Crippen molar-refractivity contribution in [3.05, 3.63) is 23.8 Å². The fourth-order valence-electron chi connectivity index (χ4n) is 1.92. The summed E-state index contributed by atoms with van der Waals surface area (Å²) in [7, 11) is 3.42. The molecule has 21 heavy (non-hydrogen) atoms. The molecule has 0 spiro atoms. The molecule has 2 N–H and O–H groups in total. The number of likely N-dealkylation sites (N-methyl/N-ethyl adjacent to an activating group) is 1. The van der Waals surface area contributed by atoms with Crippen LogP contribution in [0.25, 0.3) is 0 Å². The van der Waals surface area contributed by atoms with Crippen LogP contribution < -0.4 is 15.2 Å². The first-order chi connectivity index (χ1) is 9.99. The lowest BCUT2D eigenvalue weighted by Crippen LogP contribution is -2.35. The van der Waals surface area contributed by atoms with Crippen molar-refractivity contribution in [3.8, 4) is 11.5 Å². The van der Waals surface area contributed by atoms with E-state index in [4.69, 9.17) is 15.2 Å². The van der Waals surface area contributed by atoms with Gasteiger partial charge in [-0.3, -0.25) is 4.79 Å². The van der Waals surface area contributed by atoms with Crippen LogP contribution in [0, 0.1) is 0 Å². The van der Waals surface area contributed by atoms with Gasteiger partial charge < -0.3 is 20.1 Å². The van der Waals surface area contributed by atoms with Gasteiger partial charge in [0.05, 0.1) is 6.61 Å². The first-order valence-electron chi connectivity index (χ1n) is 7.33. The SMILES string of the molecule is CCCOc1ccc(CCN)c(OC(C)C(=O)N(C)C)c1. The Hall–Kier alpha value is -1.75. The molecule has 5 nitrogen and oxygen atoms in total. The molecular weight excluding hydrogens is 268 g/mol. The molecule has 0 radical (unpaired) electrons. The minimum absolute atomic E-state index is 0.0754. The molecule has 0 fully saturated rings. The van der Waals surface area contributed by atoms with Crippen molar-refractivity contribution in [3.63, 3.8) is 0 Å². The second-order valence-corrected chi connectivity index (χ2v) is 5.15. The maximum atomic E-state index is 11.9. The van der Waals surface area contributed by atoms with E-state index in [0.717, 1.165) is 17.7 Å². The molecule has 1 amide bonds. The second-order valence-electron chi connectivity index (χ2n) is 5.15. The summed E-state index contributed by atoms with van der Waals surface area (Å²) >= 11 is 0. The van der Waals surface area contributed by atoms with Crippen LogP contribution >= 0.6 is 0 Å². The van der Waals surface area contributed by atoms with E-state index >= 15 is 0 Å². The van der Waals surface area contributed by atoms with E-state index in [-0.39, 0.29) is 5.91 Å². The minimum atomic E-state index is -0.544. The molecule has 0 heterocycles. The zero-order valence-electron chi connectivity index (χ0n) is 13.4. The maximum absolute atomic E-state index is 11.9. The van der Waals surface area contributed by atoms with Crippen LogP contribution in [0.3, 0.4) is 0 Å². The number of amides is 1. The molecule has 1 atom stereocenters. The fraction of sp³-hybridized carbons (Fsp3) is 0.562. The summed E-state index contributed by atoms with van der Waals surface area (Å²) in [5.74, 6) is 1.34. The lowest BCUT2D eigenvalue weighted by Gasteiger charge is -2.20. The minimum Gasteiger partial charge on any atom is -0.493 e. The van der Waals surface area contributed by atoms with E-state index in [0.29, 0.717) is 25.3 Å². The molecule has 1 aromatic carbocycles. The summed E-state index contributed by atoms with van der Waals surface area (Å²) in [6.07, 6.45) is 1.10. The van der Waals surface area contributed by atoms with Crippen LogP contribution in [0.2, 0.25) is 0 Å². The average Bonchev–Trinajstić information content (AvgIpc) is 2.46. The predicted octanol–water partition coefficient (Wildman–Crippen LogP) is 1.83. The molecule has 0 aliphatic carbocycles. The summed E-state index contributed by atoms with van der Waals surface area (Å²) in [6, 6.07) is 5.69. The van der Waals surface area contributed by atoms with Crippen LogP contribution in [0.5, 0.6) is 11.5 Å². The zero-order valence-corrected chi connectivity index (χ0v) is 13.4. The van der Waals surface area contributed by atoms with E-state index in [1.54, 1.807) is 21.0 Å². The van der Waals surface area contributed by atoms with Gasteiger partial charge in [0.2, 0.25) is 0 Å². The Morgan fingerprint density at radius 1 is 1.38 bits per heavy atom. The van der Waals surface area contributed by atoms with Gasteiger partial charge >= 0.3 is 0 Å². The lowest BCUT2D eigenvalue weighted by molar-refractivity contribution is -0.135. The Balaban J connectivity index is 2.91. The zero-order chi connectivity index (χ0) is 15.8. The highest BCUT2D eigenvalue weighted by atomic mass is 16.5. The van der Waals surface area contributed by atoms with Gasteiger partial charge in [-0.25, -0.2) is 0 Å². The molecule has 0 bridgehead atoms.